The molecule has 2 unspecified atom stereocenters. The van der Waals surface area contributed by atoms with Crippen LogP contribution < -0.4 is 10.9 Å². The third-order valence-corrected chi connectivity index (χ3v) is 5.91. The van der Waals surface area contributed by atoms with E-state index in [0.717, 1.165) is 36.3 Å². The van der Waals surface area contributed by atoms with Crippen LogP contribution in [0.2, 0.25) is 0 Å². The molecule has 1 aliphatic carbocycles. The number of hydrogen-bond donors (Lipinski definition) is 2. The van der Waals surface area contributed by atoms with Gasteiger partial charge in [-0.3, -0.25) is 15.0 Å². The third-order valence-electron chi connectivity index (χ3n) is 4.64. The summed E-state index contributed by atoms with van der Waals surface area (Å²) in [5, 5.41) is 9.74. The number of rotatable bonds is 8. The first-order chi connectivity index (χ1) is 12.2. The molecule has 144 valence electrons. The Bertz CT molecular complexity index is 675. The van der Waals surface area contributed by atoms with Gasteiger partial charge in [0.2, 0.25) is 5.13 Å². The number of anilines is 1. The highest BCUT2D eigenvalue weighted by atomic mass is 32.1. The van der Waals surface area contributed by atoms with Crippen LogP contribution in [0.4, 0.5) is 5.13 Å². The van der Waals surface area contributed by atoms with E-state index in [1.807, 2.05) is 19.9 Å². The van der Waals surface area contributed by atoms with Crippen LogP contribution >= 0.6 is 11.3 Å². The van der Waals surface area contributed by atoms with Crippen molar-refractivity contribution < 1.29 is 9.59 Å². The fourth-order valence-electron chi connectivity index (χ4n) is 2.71. The van der Waals surface area contributed by atoms with Gasteiger partial charge in [-0.05, 0) is 37.7 Å². The Balaban J connectivity index is 2.13. The molecule has 26 heavy (non-hydrogen) atoms. The molecule has 0 bridgehead atoms. The summed E-state index contributed by atoms with van der Waals surface area (Å²) < 4.78 is 0. The van der Waals surface area contributed by atoms with Gasteiger partial charge in [0.05, 0.1) is 0 Å². The summed E-state index contributed by atoms with van der Waals surface area (Å²) in [5.74, 6) is -0.387. The monoisotopic (exact) mass is 378 g/mol. The summed E-state index contributed by atoms with van der Waals surface area (Å²) in [7, 11) is 0. The van der Waals surface area contributed by atoms with Crippen molar-refractivity contribution in [2.45, 2.75) is 78.2 Å². The van der Waals surface area contributed by atoms with E-state index in [1.54, 1.807) is 0 Å². The molecule has 1 aliphatic rings. The van der Waals surface area contributed by atoms with Gasteiger partial charge >= 0.3 is 0 Å². The van der Waals surface area contributed by atoms with E-state index in [-0.39, 0.29) is 22.9 Å². The maximum absolute atomic E-state index is 12.9. The first-order valence-electron chi connectivity index (χ1n) is 9.36. The highest BCUT2D eigenvalue weighted by molar-refractivity contribution is 7.15. The molecule has 0 aromatic carbocycles. The number of allylic oxidation sites excluding steroid dienone is 1. The van der Waals surface area contributed by atoms with Gasteiger partial charge in [-0.2, -0.15) is 0 Å². The van der Waals surface area contributed by atoms with Gasteiger partial charge in [0.1, 0.15) is 11.0 Å². The number of nitrogens with zero attached hydrogens (tertiary/aromatic N) is 2. The van der Waals surface area contributed by atoms with Gasteiger partial charge in [-0.15, -0.1) is 10.2 Å². The standard InChI is InChI=1S/C19H30N4O2S/c1-6-12(2)15(24)14(16(25)13-10-8-7-9-11-13)20-22-18-23-21-17(26-18)19(3,4)5/h10,12,14,20H,6-9,11H2,1-5H3,(H,22,23). The molecule has 0 amide bonds. The van der Waals surface area contributed by atoms with E-state index >= 15 is 0 Å². The first-order valence-corrected chi connectivity index (χ1v) is 10.2. The van der Waals surface area contributed by atoms with E-state index < -0.39 is 6.04 Å². The summed E-state index contributed by atoms with van der Waals surface area (Å²) in [6, 6.07) is -0.892. The van der Waals surface area contributed by atoms with Gasteiger partial charge in [-0.1, -0.05) is 52.0 Å². The Hall–Kier alpha value is -1.60. The van der Waals surface area contributed by atoms with Crippen LogP contribution in [0, 0.1) is 5.92 Å². The van der Waals surface area contributed by atoms with E-state index in [1.165, 1.54) is 11.3 Å². The van der Waals surface area contributed by atoms with E-state index in [0.29, 0.717) is 11.6 Å². The van der Waals surface area contributed by atoms with E-state index in [9.17, 15) is 9.59 Å². The molecule has 0 fully saturated rings. The summed E-state index contributed by atoms with van der Waals surface area (Å²) in [4.78, 5) is 25.7. The first kappa shape index (κ1) is 20.7. The molecular formula is C19H30N4O2S. The zero-order valence-electron chi connectivity index (χ0n) is 16.4. The minimum absolute atomic E-state index is 0.0861. The van der Waals surface area contributed by atoms with Crippen LogP contribution in [0.25, 0.3) is 0 Å². The zero-order chi connectivity index (χ0) is 19.3. The number of aromatic nitrogens is 2. The molecular weight excluding hydrogens is 348 g/mol. The number of nitrogens with one attached hydrogen (secondary N) is 2. The lowest BCUT2D eigenvalue weighted by Gasteiger charge is -2.22. The maximum Gasteiger partial charge on any atom is 0.219 e. The largest absolute Gasteiger partial charge is 0.297 e. The van der Waals surface area contributed by atoms with Crippen LogP contribution in [-0.4, -0.2) is 27.8 Å². The lowest BCUT2D eigenvalue weighted by Crippen LogP contribution is -2.49. The van der Waals surface area contributed by atoms with Crippen LogP contribution in [0.3, 0.4) is 0 Å². The molecule has 1 heterocycles. The number of hydrogen-bond acceptors (Lipinski definition) is 7. The Morgan fingerprint density at radius 2 is 2.00 bits per heavy atom. The molecule has 7 heteroatoms. The molecule has 2 atom stereocenters. The Morgan fingerprint density at radius 3 is 2.54 bits per heavy atom. The molecule has 1 aromatic rings. The van der Waals surface area contributed by atoms with Crippen molar-refractivity contribution in [3.63, 3.8) is 0 Å². The summed E-state index contributed by atoms with van der Waals surface area (Å²) in [5.41, 5.74) is 6.55. The smallest absolute Gasteiger partial charge is 0.219 e. The van der Waals surface area contributed by atoms with Crippen molar-refractivity contribution in [2.75, 3.05) is 5.43 Å². The normalized spacial score (nSPS) is 17.3. The SMILES string of the molecule is CCC(C)C(=O)C(NNc1nnc(C(C)(C)C)s1)C(=O)C1=CCCCC1. The van der Waals surface area contributed by atoms with Crippen molar-refractivity contribution in [2.24, 2.45) is 5.92 Å². The van der Waals surface area contributed by atoms with Crippen molar-refractivity contribution in [3.8, 4) is 0 Å². The molecule has 0 spiro atoms. The quantitative estimate of drug-likeness (QED) is 0.529. The van der Waals surface area contributed by atoms with Gasteiger partial charge in [-0.25, -0.2) is 5.43 Å². The number of hydrazine groups is 1. The number of ketones is 2. The van der Waals surface area contributed by atoms with Crippen LogP contribution in [-0.2, 0) is 15.0 Å². The summed E-state index contributed by atoms with van der Waals surface area (Å²) in [6.45, 7) is 10.0. The Morgan fingerprint density at radius 1 is 1.27 bits per heavy atom. The maximum atomic E-state index is 12.9. The molecule has 0 aliphatic heterocycles. The fraction of sp³-hybridized carbons (Fsp3) is 0.684. The minimum Gasteiger partial charge on any atom is -0.297 e. The highest BCUT2D eigenvalue weighted by Crippen LogP contribution is 2.27. The van der Waals surface area contributed by atoms with Gasteiger partial charge in [0.25, 0.3) is 0 Å². The second-order valence-electron chi connectivity index (χ2n) is 7.92. The Labute approximate surface area is 159 Å². The predicted molar refractivity (Wildman–Crippen MR) is 105 cm³/mol. The van der Waals surface area contributed by atoms with Gasteiger partial charge in [0.15, 0.2) is 11.6 Å². The average molecular weight is 379 g/mol. The lowest BCUT2D eigenvalue weighted by atomic mass is 9.88. The van der Waals surface area contributed by atoms with Gasteiger partial charge < -0.3 is 0 Å². The van der Waals surface area contributed by atoms with Gasteiger partial charge in [0, 0.05) is 11.3 Å². The third kappa shape index (κ3) is 5.20. The topological polar surface area (TPSA) is 84.0 Å². The number of carbonyl (C=O) groups is 2. The van der Waals surface area contributed by atoms with Crippen LogP contribution in [0.5, 0.6) is 0 Å². The second-order valence-corrected chi connectivity index (χ2v) is 8.89. The molecule has 6 nitrogen and oxygen atoms in total. The lowest BCUT2D eigenvalue weighted by molar-refractivity contribution is -0.130. The second kappa shape index (κ2) is 8.86. The molecule has 2 N–H and O–H groups in total. The number of Topliss-reactive ketones (excluding diaryl/α,β-unsaturated/α-hetero) is 2. The fourth-order valence-corrected chi connectivity index (χ4v) is 3.47. The van der Waals surface area contributed by atoms with Crippen LogP contribution in [0.15, 0.2) is 11.6 Å². The van der Waals surface area contributed by atoms with Crippen molar-refractivity contribution in [1.29, 1.82) is 0 Å². The van der Waals surface area contributed by atoms with Crippen LogP contribution in [0.1, 0.15) is 71.7 Å². The van der Waals surface area contributed by atoms with E-state index in [4.69, 9.17) is 0 Å². The van der Waals surface area contributed by atoms with Crippen molar-refractivity contribution >= 4 is 28.0 Å². The van der Waals surface area contributed by atoms with Crippen molar-refractivity contribution in [1.82, 2.24) is 15.6 Å². The average Bonchev–Trinajstić information content (AvgIpc) is 3.11. The minimum atomic E-state index is -0.892. The molecule has 0 saturated carbocycles. The molecule has 0 radical (unpaired) electrons. The number of carbonyl (C=O) groups excluding carboxylic acids is 2. The Kier molecular flexibility index (Phi) is 7.06. The highest BCUT2D eigenvalue weighted by Gasteiger charge is 2.32. The summed E-state index contributed by atoms with van der Waals surface area (Å²) in [6.07, 6.45) is 6.44. The zero-order valence-corrected chi connectivity index (χ0v) is 17.2. The molecule has 2 rings (SSSR count). The molecule has 0 saturated heterocycles. The molecule has 1 aromatic heterocycles. The summed E-state index contributed by atoms with van der Waals surface area (Å²) >= 11 is 1.42. The van der Waals surface area contributed by atoms with Crippen molar-refractivity contribution in [3.05, 3.63) is 16.7 Å². The predicted octanol–water partition coefficient (Wildman–Crippen LogP) is 3.81. The van der Waals surface area contributed by atoms with E-state index in [2.05, 4.69) is 41.8 Å².